The number of aromatic nitrogens is 2. The van der Waals surface area contributed by atoms with Crippen LogP contribution in [-0.2, 0) is 11.2 Å². The summed E-state index contributed by atoms with van der Waals surface area (Å²) >= 11 is 0. The number of hydrogen-bond donors (Lipinski definition) is 1. The normalized spacial score (nSPS) is 12.0. The summed E-state index contributed by atoms with van der Waals surface area (Å²) in [5.41, 5.74) is 0.818. The molecule has 0 aliphatic carbocycles. The molecule has 0 radical (unpaired) electrons. The third-order valence-corrected chi connectivity index (χ3v) is 3.38. The molecule has 0 spiro atoms. The van der Waals surface area contributed by atoms with Crippen LogP contribution in [0.15, 0.2) is 28.8 Å². The number of rotatable bonds is 7. The van der Waals surface area contributed by atoms with Gasteiger partial charge in [-0.2, -0.15) is 4.98 Å². The molecule has 1 N–H and O–H groups in total. The third-order valence-electron chi connectivity index (χ3n) is 3.38. The number of amides is 1. The van der Waals surface area contributed by atoms with Gasteiger partial charge >= 0.3 is 0 Å². The Labute approximate surface area is 129 Å². The van der Waals surface area contributed by atoms with Gasteiger partial charge in [-0.05, 0) is 25.5 Å². The molecule has 0 bridgehead atoms. The number of hydrogen-bond acceptors (Lipinski definition) is 5. The first-order valence-corrected chi connectivity index (χ1v) is 7.38. The molecule has 0 aliphatic rings. The zero-order chi connectivity index (χ0) is 15.9. The van der Waals surface area contributed by atoms with Crippen LogP contribution in [0.5, 0.6) is 5.75 Å². The minimum atomic E-state index is -0.00418. The summed E-state index contributed by atoms with van der Waals surface area (Å²) in [6.45, 7) is 4.01. The highest BCUT2D eigenvalue weighted by Crippen LogP contribution is 2.21. The second-order valence-electron chi connectivity index (χ2n) is 5.12. The Morgan fingerprint density at radius 3 is 3.00 bits per heavy atom. The number of nitrogens with zero attached hydrogens (tertiary/aromatic N) is 2. The molecule has 2 aromatic rings. The highest BCUT2D eigenvalue weighted by molar-refractivity contribution is 5.76. The van der Waals surface area contributed by atoms with E-state index in [-0.39, 0.29) is 11.9 Å². The van der Waals surface area contributed by atoms with Crippen LogP contribution in [0.1, 0.15) is 32.6 Å². The number of methoxy groups -OCH3 is 1. The molecule has 0 saturated carbocycles. The molecule has 1 atom stereocenters. The van der Waals surface area contributed by atoms with E-state index in [9.17, 15) is 4.79 Å². The van der Waals surface area contributed by atoms with Crippen molar-refractivity contribution in [3.05, 3.63) is 30.2 Å². The molecule has 1 heterocycles. The minimum Gasteiger partial charge on any atom is -0.497 e. The smallest absolute Gasteiger partial charge is 0.227 e. The van der Waals surface area contributed by atoms with Crippen LogP contribution in [0.3, 0.4) is 0 Å². The fourth-order valence-electron chi connectivity index (χ4n) is 1.91. The molecule has 118 valence electrons. The van der Waals surface area contributed by atoms with Gasteiger partial charge in [0.05, 0.1) is 7.11 Å². The second-order valence-corrected chi connectivity index (χ2v) is 5.12. The Hall–Kier alpha value is -2.37. The lowest BCUT2D eigenvalue weighted by Crippen LogP contribution is -2.32. The summed E-state index contributed by atoms with van der Waals surface area (Å²) in [6.07, 6.45) is 1.68. The van der Waals surface area contributed by atoms with Crippen molar-refractivity contribution in [3.8, 4) is 17.1 Å². The van der Waals surface area contributed by atoms with Gasteiger partial charge in [0.15, 0.2) is 0 Å². The van der Waals surface area contributed by atoms with Crippen molar-refractivity contribution in [1.82, 2.24) is 15.5 Å². The van der Waals surface area contributed by atoms with E-state index in [1.165, 1.54) is 0 Å². The SMILES string of the molecule is CCC(C)NC(=O)CCc1nc(-c2cccc(OC)c2)no1. The lowest BCUT2D eigenvalue weighted by Gasteiger charge is -2.10. The average Bonchev–Trinajstić information content (AvgIpc) is 3.02. The number of ether oxygens (including phenoxy) is 1. The zero-order valence-electron chi connectivity index (χ0n) is 13.1. The molecule has 1 aromatic heterocycles. The van der Waals surface area contributed by atoms with Gasteiger partial charge < -0.3 is 14.6 Å². The largest absolute Gasteiger partial charge is 0.497 e. The molecule has 2 rings (SSSR count). The van der Waals surface area contributed by atoms with Gasteiger partial charge in [-0.15, -0.1) is 0 Å². The topological polar surface area (TPSA) is 77.2 Å². The fourth-order valence-corrected chi connectivity index (χ4v) is 1.91. The van der Waals surface area contributed by atoms with Crippen LogP contribution in [0, 0.1) is 0 Å². The second kappa shape index (κ2) is 7.59. The fraction of sp³-hybridized carbons (Fsp3) is 0.438. The van der Waals surface area contributed by atoms with Gasteiger partial charge in [0.2, 0.25) is 17.6 Å². The molecule has 1 unspecified atom stereocenters. The quantitative estimate of drug-likeness (QED) is 0.850. The van der Waals surface area contributed by atoms with E-state index in [2.05, 4.69) is 15.5 Å². The summed E-state index contributed by atoms with van der Waals surface area (Å²) in [5, 5.41) is 6.85. The Morgan fingerprint density at radius 2 is 2.27 bits per heavy atom. The first-order valence-electron chi connectivity index (χ1n) is 7.38. The number of carbonyl (C=O) groups excluding carboxylic acids is 1. The average molecular weight is 303 g/mol. The first kappa shape index (κ1) is 16.0. The number of benzene rings is 1. The third kappa shape index (κ3) is 4.31. The van der Waals surface area contributed by atoms with Gasteiger partial charge in [-0.25, -0.2) is 0 Å². The lowest BCUT2D eigenvalue weighted by molar-refractivity contribution is -0.121. The van der Waals surface area contributed by atoms with Gasteiger partial charge in [0, 0.05) is 24.4 Å². The van der Waals surface area contributed by atoms with Crippen LogP contribution < -0.4 is 10.1 Å². The maximum absolute atomic E-state index is 11.7. The van der Waals surface area contributed by atoms with Crippen molar-refractivity contribution in [1.29, 1.82) is 0 Å². The standard InChI is InChI=1S/C16H21N3O3/c1-4-11(2)17-14(20)8-9-15-18-16(19-22-15)12-6-5-7-13(10-12)21-3/h5-7,10-11H,4,8-9H2,1-3H3,(H,17,20). The minimum absolute atomic E-state index is 0.00418. The molecule has 1 amide bonds. The Morgan fingerprint density at radius 1 is 1.45 bits per heavy atom. The summed E-state index contributed by atoms with van der Waals surface area (Å²) in [5.74, 6) is 1.68. The molecular weight excluding hydrogens is 282 g/mol. The van der Waals surface area contributed by atoms with Crippen molar-refractivity contribution < 1.29 is 14.1 Å². The van der Waals surface area contributed by atoms with Crippen LogP contribution >= 0.6 is 0 Å². The molecule has 0 fully saturated rings. The molecule has 6 heteroatoms. The predicted molar refractivity (Wildman–Crippen MR) is 82.5 cm³/mol. The predicted octanol–water partition coefficient (Wildman–Crippen LogP) is 2.59. The zero-order valence-corrected chi connectivity index (χ0v) is 13.1. The van der Waals surface area contributed by atoms with Gasteiger partial charge in [0.25, 0.3) is 0 Å². The molecule has 0 saturated heterocycles. The highest BCUT2D eigenvalue weighted by Gasteiger charge is 2.12. The molecular formula is C16H21N3O3. The van der Waals surface area contributed by atoms with E-state index in [0.29, 0.717) is 24.6 Å². The first-order chi connectivity index (χ1) is 10.6. The van der Waals surface area contributed by atoms with Crippen molar-refractivity contribution >= 4 is 5.91 Å². The van der Waals surface area contributed by atoms with E-state index >= 15 is 0 Å². The van der Waals surface area contributed by atoms with E-state index in [1.54, 1.807) is 7.11 Å². The number of carbonyl (C=O) groups is 1. The van der Waals surface area contributed by atoms with Crippen LogP contribution in [0.2, 0.25) is 0 Å². The van der Waals surface area contributed by atoms with Crippen LogP contribution in [0.4, 0.5) is 0 Å². The summed E-state index contributed by atoms with van der Waals surface area (Å²) in [6, 6.07) is 7.62. The molecule has 6 nitrogen and oxygen atoms in total. The summed E-state index contributed by atoms with van der Waals surface area (Å²) in [7, 11) is 1.61. The van der Waals surface area contributed by atoms with E-state index in [1.807, 2.05) is 38.1 Å². The van der Waals surface area contributed by atoms with Gasteiger partial charge in [-0.1, -0.05) is 24.2 Å². The van der Waals surface area contributed by atoms with E-state index in [0.717, 1.165) is 17.7 Å². The lowest BCUT2D eigenvalue weighted by atomic mass is 10.2. The Kier molecular flexibility index (Phi) is 5.52. The van der Waals surface area contributed by atoms with Crippen molar-refractivity contribution in [2.24, 2.45) is 0 Å². The van der Waals surface area contributed by atoms with Crippen LogP contribution in [0.25, 0.3) is 11.4 Å². The van der Waals surface area contributed by atoms with Crippen molar-refractivity contribution in [2.45, 2.75) is 39.2 Å². The van der Waals surface area contributed by atoms with Gasteiger partial charge in [0.1, 0.15) is 5.75 Å². The van der Waals surface area contributed by atoms with Crippen LogP contribution in [-0.4, -0.2) is 29.2 Å². The summed E-state index contributed by atoms with van der Waals surface area (Å²) in [4.78, 5) is 16.0. The summed E-state index contributed by atoms with van der Waals surface area (Å²) < 4.78 is 10.4. The van der Waals surface area contributed by atoms with E-state index in [4.69, 9.17) is 9.26 Å². The maximum Gasteiger partial charge on any atom is 0.227 e. The highest BCUT2D eigenvalue weighted by atomic mass is 16.5. The Bertz CT molecular complexity index is 625. The van der Waals surface area contributed by atoms with E-state index < -0.39 is 0 Å². The monoisotopic (exact) mass is 303 g/mol. The Balaban J connectivity index is 1.95. The maximum atomic E-state index is 11.7. The van der Waals surface area contributed by atoms with Crippen molar-refractivity contribution in [2.75, 3.05) is 7.11 Å². The van der Waals surface area contributed by atoms with Gasteiger partial charge in [-0.3, -0.25) is 4.79 Å². The molecule has 22 heavy (non-hydrogen) atoms. The molecule has 0 aliphatic heterocycles. The number of nitrogens with one attached hydrogen (secondary N) is 1. The number of aryl methyl sites for hydroxylation is 1. The molecule has 1 aromatic carbocycles. The van der Waals surface area contributed by atoms with Crippen molar-refractivity contribution in [3.63, 3.8) is 0 Å².